The molecule has 2 atom stereocenters. The number of carbonyl (C=O) groups is 1. The second-order valence-electron chi connectivity index (χ2n) is 5.05. The highest BCUT2D eigenvalue weighted by molar-refractivity contribution is 8.00. The molecule has 118 valence electrons. The molecular weight excluding hydrogens is 341 g/mol. The zero-order valence-corrected chi connectivity index (χ0v) is 14.9. The third-order valence-electron chi connectivity index (χ3n) is 3.65. The number of hydrogen-bond acceptors (Lipinski definition) is 3. The maximum absolute atomic E-state index is 11.8. The molecule has 1 aromatic carbocycles. The van der Waals surface area contributed by atoms with E-state index in [4.69, 9.17) is 23.2 Å². The second kappa shape index (κ2) is 7.07. The van der Waals surface area contributed by atoms with Crippen LogP contribution in [0.1, 0.15) is 32.3 Å². The average molecular weight is 358 g/mol. The summed E-state index contributed by atoms with van der Waals surface area (Å²) in [5.74, 6) is -0.458. The van der Waals surface area contributed by atoms with Crippen molar-refractivity contribution in [2.75, 3.05) is 5.75 Å². The van der Waals surface area contributed by atoms with Crippen LogP contribution < -0.4 is 0 Å². The summed E-state index contributed by atoms with van der Waals surface area (Å²) in [4.78, 5) is 16.2. The molecule has 0 amide bonds. The Morgan fingerprint density at radius 1 is 1.36 bits per heavy atom. The maximum atomic E-state index is 11.8. The molecule has 0 aliphatic carbocycles. The summed E-state index contributed by atoms with van der Waals surface area (Å²) in [6, 6.07) is 5.35. The normalized spacial score (nSPS) is 21.8. The number of rotatable bonds is 4. The van der Waals surface area contributed by atoms with Crippen LogP contribution in [0, 0.1) is 0 Å². The van der Waals surface area contributed by atoms with Crippen molar-refractivity contribution < 1.29 is 9.90 Å². The Balaban J connectivity index is 2.67. The predicted octanol–water partition coefficient (Wildman–Crippen LogP) is 5.03. The lowest BCUT2D eigenvalue weighted by Crippen LogP contribution is -2.32. The molecule has 1 N–H and O–H groups in total. The zero-order chi connectivity index (χ0) is 16.4. The van der Waals surface area contributed by atoms with Gasteiger partial charge in [-0.15, -0.1) is 0 Å². The number of aliphatic carboxylic acids is 1. The number of nitrogens with zero attached hydrogens (tertiary/aromatic N) is 1. The van der Waals surface area contributed by atoms with Gasteiger partial charge in [-0.3, -0.25) is 4.99 Å². The number of aliphatic imine (C=N–C) groups is 1. The Kier molecular flexibility index (Phi) is 5.59. The first kappa shape index (κ1) is 17.4. The molecule has 3 nitrogen and oxygen atoms in total. The van der Waals surface area contributed by atoms with Crippen molar-refractivity contribution >= 4 is 46.6 Å². The fourth-order valence-electron chi connectivity index (χ4n) is 2.77. The van der Waals surface area contributed by atoms with Crippen LogP contribution >= 0.6 is 35.0 Å². The summed E-state index contributed by atoms with van der Waals surface area (Å²) in [5.41, 5.74) is 2.47. The fourth-order valence-corrected chi connectivity index (χ4v) is 4.32. The van der Waals surface area contributed by atoms with Crippen LogP contribution in [0.3, 0.4) is 0 Å². The molecule has 6 heteroatoms. The Bertz CT molecular complexity index is 670. The van der Waals surface area contributed by atoms with Gasteiger partial charge in [-0.1, -0.05) is 42.3 Å². The molecule has 1 aromatic rings. The van der Waals surface area contributed by atoms with Crippen LogP contribution in [0.15, 0.2) is 34.5 Å². The van der Waals surface area contributed by atoms with Gasteiger partial charge in [0.05, 0.1) is 20.9 Å². The number of carboxylic acids is 1. The summed E-state index contributed by atoms with van der Waals surface area (Å²) in [7, 11) is 0. The van der Waals surface area contributed by atoms with E-state index in [0.29, 0.717) is 21.3 Å². The number of halogens is 2. The molecule has 22 heavy (non-hydrogen) atoms. The van der Waals surface area contributed by atoms with Gasteiger partial charge in [0.25, 0.3) is 0 Å². The van der Waals surface area contributed by atoms with E-state index in [2.05, 4.69) is 4.99 Å². The van der Waals surface area contributed by atoms with Crippen LogP contribution in [0.5, 0.6) is 0 Å². The van der Waals surface area contributed by atoms with E-state index in [9.17, 15) is 9.90 Å². The first-order valence-electron chi connectivity index (χ1n) is 6.93. The number of thioether (sulfide) groups is 1. The van der Waals surface area contributed by atoms with Gasteiger partial charge in [-0.25, -0.2) is 4.79 Å². The van der Waals surface area contributed by atoms with Crippen LogP contribution in [-0.2, 0) is 4.79 Å². The van der Waals surface area contributed by atoms with Gasteiger partial charge in [0.2, 0.25) is 0 Å². The first-order chi connectivity index (χ1) is 10.4. The molecule has 1 heterocycles. The number of allylic oxidation sites excluding steroid dienone is 1. The van der Waals surface area contributed by atoms with Gasteiger partial charge in [0.1, 0.15) is 0 Å². The van der Waals surface area contributed by atoms with Gasteiger partial charge >= 0.3 is 5.97 Å². The SMILES string of the molecule is CCSC1C(C)=NC(C)=C(C(=O)O)C1c1cccc(Cl)c1Cl. The first-order valence-corrected chi connectivity index (χ1v) is 8.73. The summed E-state index contributed by atoms with van der Waals surface area (Å²) < 4.78 is 0. The van der Waals surface area contributed by atoms with E-state index in [-0.39, 0.29) is 11.2 Å². The fraction of sp³-hybridized carbons (Fsp3) is 0.375. The predicted molar refractivity (Wildman–Crippen MR) is 94.6 cm³/mol. The minimum Gasteiger partial charge on any atom is -0.478 e. The van der Waals surface area contributed by atoms with E-state index in [1.807, 2.05) is 19.9 Å². The summed E-state index contributed by atoms with van der Waals surface area (Å²) >= 11 is 14.2. The Morgan fingerprint density at radius 2 is 2.05 bits per heavy atom. The molecule has 0 radical (unpaired) electrons. The summed E-state index contributed by atoms with van der Waals surface area (Å²) in [5, 5.41) is 10.4. The quantitative estimate of drug-likeness (QED) is 0.821. The van der Waals surface area contributed by atoms with E-state index >= 15 is 0 Å². The van der Waals surface area contributed by atoms with Crippen molar-refractivity contribution in [1.29, 1.82) is 0 Å². The Labute approximate surface area is 144 Å². The highest BCUT2D eigenvalue weighted by atomic mass is 35.5. The van der Waals surface area contributed by atoms with Crippen molar-refractivity contribution in [2.24, 2.45) is 4.99 Å². The van der Waals surface area contributed by atoms with Crippen molar-refractivity contribution in [3.8, 4) is 0 Å². The van der Waals surface area contributed by atoms with Gasteiger partial charge in [0, 0.05) is 17.3 Å². The standard InChI is InChI=1S/C16H17Cl2NO2S/c1-4-22-15-9(3)19-8(2)12(16(20)21)13(15)10-6-5-7-11(17)14(10)18/h5-7,13,15H,4H2,1-3H3,(H,20,21). The van der Waals surface area contributed by atoms with Crippen molar-refractivity contribution in [3.63, 3.8) is 0 Å². The molecular formula is C16H17Cl2NO2S. The van der Waals surface area contributed by atoms with Gasteiger partial charge in [-0.2, -0.15) is 11.8 Å². The van der Waals surface area contributed by atoms with Crippen molar-refractivity contribution in [1.82, 2.24) is 0 Å². The van der Waals surface area contributed by atoms with Gasteiger partial charge in [-0.05, 0) is 31.2 Å². The molecule has 0 fully saturated rings. The van der Waals surface area contributed by atoms with Crippen LogP contribution in [0.25, 0.3) is 0 Å². The summed E-state index contributed by atoms with van der Waals surface area (Å²) in [6.07, 6.45) is 0. The third-order valence-corrected chi connectivity index (χ3v) is 5.79. The molecule has 0 saturated heterocycles. The van der Waals surface area contributed by atoms with E-state index in [1.165, 1.54) is 0 Å². The number of hydrogen-bond donors (Lipinski definition) is 1. The monoisotopic (exact) mass is 357 g/mol. The molecule has 0 aromatic heterocycles. The molecule has 1 aliphatic rings. The van der Waals surface area contributed by atoms with Crippen molar-refractivity contribution in [2.45, 2.75) is 31.9 Å². The molecule has 2 rings (SSSR count). The molecule has 2 unspecified atom stereocenters. The van der Waals surface area contributed by atoms with Gasteiger partial charge in [0.15, 0.2) is 0 Å². The molecule has 0 saturated carbocycles. The van der Waals surface area contributed by atoms with E-state index in [0.717, 1.165) is 17.0 Å². The zero-order valence-electron chi connectivity index (χ0n) is 12.6. The Hall–Kier alpha value is -0.970. The lowest BCUT2D eigenvalue weighted by molar-refractivity contribution is -0.133. The number of carboxylic acid groups (broad SMARTS) is 1. The maximum Gasteiger partial charge on any atom is 0.334 e. The van der Waals surface area contributed by atoms with E-state index < -0.39 is 5.97 Å². The highest BCUT2D eigenvalue weighted by Gasteiger charge is 2.38. The van der Waals surface area contributed by atoms with Gasteiger partial charge < -0.3 is 5.11 Å². The molecule has 1 aliphatic heterocycles. The number of benzene rings is 1. The summed E-state index contributed by atoms with van der Waals surface area (Å²) in [6.45, 7) is 5.70. The largest absolute Gasteiger partial charge is 0.478 e. The minimum atomic E-state index is -0.962. The second-order valence-corrected chi connectivity index (χ2v) is 7.26. The minimum absolute atomic E-state index is 0.0595. The topological polar surface area (TPSA) is 49.7 Å². The molecule has 0 spiro atoms. The van der Waals surface area contributed by atoms with Crippen LogP contribution in [-0.4, -0.2) is 27.8 Å². The van der Waals surface area contributed by atoms with Crippen LogP contribution in [0.2, 0.25) is 10.0 Å². The smallest absolute Gasteiger partial charge is 0.334 e. The Morgan fingerprint density at radius 3 is 2.64 bits per heavy atom. The van der Waals surface area contributed by atoms with Crippen LogP contribution in [0.4, 0.5) is 0 Å². The average Bonchev–Trinajstić information content (AvgIpc) is 2.44. The lowest BCUT2D eigenvalue weighted by Gasteiger charge is -2.32. The van der Waals surface area contributed by atoms with E-state index in [1.54, 1.807) is 30.8 Å². The lowest BCUT2D eigenvalue weighted by atomic mass is 9.83. The van der Waals surface area contributed by atoms with Crippen molar-refractivity contribution in [3.05, 3.63) is 45.1 Å². The third kappa shape index (κ3) is 3.19. The highest BCUT2D eigenvalue weighted by Crippen LogP contribution is 2.44. The molecule has 0 bridgehead atoms.